The third-order valence-electron chi connectivity index (χ3n) is 3.47. The van der Waals surface area contributed by atoms with E-state index in [9.17, 15) is 22.8 Å². The fraction of sp³-hybridized carbons (Fsp3) is 0.312. The average molecular weight is 433 g/mol. The van der Waals surface area contributed by atoms with Gasteiger partial charge in [0, 0.05) is 5.56 Å². The fourth-order valence-corrected chi connectivity index (χ4v) is 2.40. The number of hydrogen-bond donors (Lipinski definition) is 2. The van der Waals surface area contributed by atoms with Gasteiger partial charge >= 0.3 is 6.18 Å². The molecule has 1 heterocycles. The number of aromatic nitrogens is 2. The predicted molar refractivity (Wildman–Crippen MR) is 92.1 cm³/mol. The molecule has 2 aromatic rings. The van der Waals surface area contributed by atoms with Crippen molar-refractivity contribution >= 4 is 27.7 Å². The second-order valence-electron chi connectivity index (χ2n) is 5.52. The molecule has 0 unspecified atom stereocenters. The van der Waals surface area contributed by atoms with Crippen LogP contribution in [-0.2, 0) is 4.79 Å². The van der Waals surface area contributed by atoms with Gasteiger partial charge in [0.1, 0.15) is 6.54 Å². The van der Waals surface area contributed by atoms with Crippen LogP contribution >= 0.6 is 15.9 Å². The van der Waals surface area contributed by atoms with E-state index in [-0.39, 0.29) is 5.56 Å². The number of carbonyl (C=O) groups excluding carboxylic acids is 2. The lowest BCUT2D eigenvalue weighted by Crippen LogP contribution is -2.40. The zero-order valence-electron chi connectivity index (χ0n) is 13.9. The van der Waals surface area contributed by atoms with Crippen LogP contribution in [0.1, 0.15) is 21.7 Å². The highest BCUT2D eigenvalue weighted by Crippen LogP contribution is 2.23. The molecule has 2 amide bonds. The van der Waals surface area contributed by atoms with E-state index in [1.165, 1.54) is 0 Å². The molecule has 0 radical (unpaired) electrons. The Morgan fingerprint density at radius 1 is 1.15 bits per heavy atom. The Morgan fingerprint density at radius 2 is 1.77 bits per heavy atom. The molecule has 0 aliphatic heterocycles. The average Bonchev–Trinajstić information content (AvgIpc) is 2.85. The molecule has 0 saturated heterocycles. The first kappa shape index (κ1) is 20.0. The lowest BCUT2D eigenvalue weighted by atomic mass is 10.2. The highest BCUT2D eigenvalue weighted by Gasteiger charge is 2.27. The summed E-state index contributed by atoms with van der Waals surface area (Å²) < 4.78 is 38.6. The molecule has 0 fully saturated rings. The predicted octanol–water partition coefficient (Wildman–Crippen LogP) is 2.66. The van der Waals surface area contributed by atoms with E-state index >= 15 is 0 Å². The molecule has 0 bridgehead atoms. The molecule has 26 heavy (non-hydrogen) atoms. The number of carbonyl (C=O) groups is 2. The first-order valence-electron chi connectivity index (χ1n) is 7.52. The van der Waals surface area contributed by atoms with Gasteiger partial charge < -0.3 is 10.6 Å². The fourth-order valence-electron chi connectivity index (χ4n) is 2.15. The minimum absolute atomic E-state index is 0.276. The molecule has 1 aromatic carbocycles. The molecule has 10 heteroatoms. The van der Waals surface area contributed by atoms with Crippen molar-refractivity contribution in [1.82, 2.24) is 20.4 Å². The van der Waals surface area contributed by atoms with Gasteiger partial charge in [0.15, 0.2) is 0 Å². The number of halogens is 4. The molecular formula is C16H16BrF3N4O2. The molecule has 0 aliphatic rings. The van der Waals surface area contributed by atoms with E-state index in [0.29, 0.717) is 0 Å². The first-order chi connectivity index (χ1) is 12.1. The summed E-state index contributed by atoms with van der Waals surface area (Å²) in [5.74, 6) is -1.48. The number of nitrogens with one attached hydrogen (secondary N) is 2. The minimum atomic E-state index is -4.49. The van der Waals surface area contributed by atoms with E-state index in [4.69, 9.17) is 0 Å². The Hall–Kier alpha value is -2.36. The van der Waals surface area contributed by atoms with Gasteiger partial charge in [0.25, 0.3) is 5.91 Å². The maximum Gasteiger partial charge on any atom is 0.405 e. The quantitative estimate of drug-likeness (QED) is 0.762. The number of benzene rings is 1. The molecule has 1 aromatic heterocycles. The van der Waals surface area contributed by atoms with Crippen molar-refractivity contribution in [2.24, 2.45) is 0 Å². The smallest absolute Gasteiger partial charge is 0.345 e. The van der Waals surface area contributed by atoms with Crippen molar-refractivity contribution in [3.05, 3.63) is 45.7 Å². The van der Waals surface area contributed by atoms with Crippen LogP contribution in [0.2, 0.25) is 0 Å². The summed E-state index contributed by atoms with van der Waals surface area (Å²) >= 11 is 3.44. The van der Waals surface area contributed by atoms with Crippen molar-refractivity contribution in [1.29, 1.82) is 0 Å². The van der Waals surface area contributed by atoms with Crippen LogP contribution in [0.3, 0.4) is 0 Å². The highest BCUT2D eigenvalue weighted by molar-refractivity contribution is 9.10. The van der Waals surface area contributed by atoms with Crippen LogP contribution in [-0.4, -0.2) is 40.9 Å². The van der Waals surface area contributed by atoms with Gasteiger partial charge in [-0.3, -0.25) is 9.59 Å². The van der Waals surface area contributed by atoms with Gasteiger partial charge in [-0.2, -0.15) is 18.3 Å². The Balaban J connectivity index is 1.96. The van der Waals surface area contributed by atoms with Crippen LogP contribution in [0.15, 0.2) is 28.7 Å². The van der Waals surface area contributed by atoms with Crippen LogP contribution in [0.25, 0.3) is 5.69 Å². The van der Waals surface area contributed by atoms with Crippen molar-refractivity contribution in [2.45, 2.75) is 20.0 Å². The largest absolute Gasteiger partial charge is 0.405 e. The van der Waals surface area contributed by atoms with Gasteiger partial charge in [-0.15, -0.1) is 0 Å². The summed E-state index contributed by atoms with van der Waals surface area (Å²) in [6.45, 7) is 1.78. The van der Waals surface area contributed by atoms with Crippen LogP contribution in [0.4, 0.5) is 13.2 Å². The summed E-state index contributed by atoms with van der Waals surface area (Å²) in [6.07, 6.45) is -4.49. The maximum absolute atomic E-state index is 12.0. The van der Waals surface area contributed by atoms with E-state index in [2.05, 4.69) is 26.3 Å². The Bertz CT molecular complexity index is 816. The molecule has 0 saturated carbocycles. The topological polar surface area (TPSA) is 76.0 Å². The number of rotatable bonds is 5. The summed E-state index contributed by atoms with van der Waals surface area (Å²) in [6, 6.07) is 6.46. The summed E-state index contributed by atoms with van der Waals surface area (Å²) in [7, 11) is 0. The normalized spacial score (nSPS) is 11.3. The van der Waals surface area contributed by atoms with Crippen molar-refractivity contribution in [3.63, 3.8) is 0 Å². The zero-order chi connectivity index (χ0) is 19.5. The summed E-state index contributed by atoms with van der Waals surface area (Å²) in [5, 5.41) is 8.33. The highest BCUT2D eigenvalue weighted by atomic mass is 79.9. The number of alkyl halides is 3. The third kappa shape index (κ3) is 5.07. The monoisotopic (exact) mass is 432 g/mol. The van der Waals surface area contributed by atoms with Crippen LogP contribution in [0.5, 0.6) is 0 Å². The Kier molecular flexibility index (Phi) is 6.06. The van der Waals surface area contributed by atoms with E-state index in [1.54, 1.807) is 34.3 Å². The summed E-state index contributed by atoms with van der Waals surface area (Å²) in [4.78, 5) is 23.3. The molecular weight excluding hydrogens is 417 g/mol. The van der Waals surface area contributed by atoms with Crippen molar-refractivity contribution < 1.29 is 22.8 Å². The van der Waals surface area contributed by atoms with Gasteiger partial charge in [-0.05, 0) is 54.0 Å². The molecule has 2 rings (SSSR count). The van der Waals surface area contributed by atoms with Crippen molar-refractivity contribution in [2.75, 3.05) is 13.1 Å². The molecule has 0 atom stereocenters. The zero-order valence-corrected chi connectivity index (χ0v) is 15.5. The second kappa shape index (κ2) is 7.90. The number of hydrogen-bond acceptors (Lipinski definition) is 3. The van der Waals surface area contributed by atoms with E-state index in [0.717, 1.165) is 21.5 Å². The standard InChI is InChI=1S/C16H16BrF3N4O2/c1-9-14(17)10(2)24(23-9)12-5-3-11(4-6-12)15(26)21-7-13(25)22-8-16(18,19)20/h3-6H,7-8H2,1-2H3,(H,21,26)(H,22,25). The van der Waals surface area contributed by atoms with Gasteiger partial charge in [0.2, 0.25) is 5.91 Å². The lowest BCUT2D eigenvalue weighted by Gasteiger charge is -2.09. The first-order valence-corrected chi connectivity index (χ1v) is 8.31. The number of amides is 2. The second-order valence-corrected chi connectivity index (χ2v) is 6.31. The molecule has 0 aliphatic carbocycles. The molecule has 6 nitrogen and oxygen atoms in total. The summed E-state index contributed by atoms with van der Waals surface area (Å²) in [5.41, 5.74) is 2.75. The van der Waals surface area contributed by atoms with Gasteiger partial charge in [0.05, 0.1) is 28.1 Å². The maximum atomic E-state index is 12.0. The minimum Gasteiger partial charge on any atom is -0.345 e. The molecule has 140 valence electrons. The number of nitrogens with zero attached hydrogens (tertiary/aromatic N) is 2. The Morgan fingerprint density at radius 3 is 2.27 bits per heavy atom. The SMILES string of the molecule is Cc1nn(-c2ccc(C(=O)NCC(=O)NCC(F)(F)F)cc2)c(C)c1Br. The number of aryl methyl sites for hydroxylation is 1. The van der Waals surface area contributed by atoms with Gasteiger partial charge in [-0.1, -0.05) is 0 Å². The van der Waals surface area contributed by atoms with Crippen LogP contribution in [0, 0.1) is 13.8 Å². The molecule has 0 spiro atoms. The van der Waals surface area contributed by atoms with Crippen LogP contribution < -0.4 is 10.6 Å². The molecule has 2 N–H and O–H groups in total. The van der Waals surface area contributed by atoms with Crippen molar-refractivity contribution in [3.8, 4) is 5.69 Å². The van der Waals surface area contributed by atoms with Gasteiger partial charge in [-0.25, -0.2) is 4.68 Å². The van der Waals surface area contributed by atoms with E-state index in [1.807, 2.05) is 13.8 Å². The Labute approximate surface area is 155 Å². The third-order valence-corrected chi connectivity index (χ3v) is 4.62. The van der Waals surface area contributed by atoms with E-state index < -0.39 is 31.1 Å². The lowest BCUT2D eigenvalue weighted by molar-refractivity contribution is -0.137.